The topological polar surface area (TPSA) is 73.9 Å². The van der Waals surface area contributed by atoms with Crippen LogP contribution in [0.1, 0.15) is 5.56 Å². The number of aliphatic hydroxyl groups excluding tert-OH is 1. The molecule has 0 radical (unpaired) electrons. The summed E-state index contributed by atoms with van der Waals surface area (Å²) in [7, 11) is 1.66. The molecule has 0 amide bonds. The monoisotopic (exact) mass is 473 g/mol. The molecule has 0 aliphatic rings. The second-order valence-corrected chi connectivity index (χ2v) is 8.13. The number of rotatable bonds is 5. The Morgan fingerprint density at radius 3 is 2.55 bits per heavy atom. The van der Waals surface area contributed by atoms with Gasteiger partial charge >= 0.3 is 0 Å². The van der Waals surface area contributed by atoms with Crippen molar-refractivity contribution >= 4 is 26.8 Å². The molecule has 3 aromatic carbocycles. The van der Waals surface area contributed by atoms with Crippen LogP contribution in [0.15, 0.2) is 77.4 Å². The third-order valence-electron chi connectivity index (χ3n) is 5.42. The fraction of sp³-hybridized carbons (Fsp3) is 0.0800. The van der Waals surface area contributed by atoms with Gasteiger partial charge in [-0.05, 0) is 35.9 Å². The normalized spacial score (nSPS) is 11.2. The number of aromatic amines is 2. The Bertz CT molecular complexity index is 1320. The van der Waals surface area contributed by atoms with Crippen molar-refractivity contribution in [2.24, 2.45) is 0 Å². The highest BCUT2D eigenvalue weighted by molar-refractivity contribution is 9.10. The molecule has 6 heteroatoms. The van der Waals surface area contributed by atoms with Crippen LogP contribution in [0, 0.1) is 0 Å². The molecule has 5 aromatic rings. The van der Waals surface area contributed by atoms with Crippen LogP contribution in [0.4, 0.5) is 0 Å². The molecule has 0 unspecified atom stereocenters. The number of benzene rings is 3. The molecular formula is C25H20BrN3O2. The van der Waals surface area contributed by atoms with Crippen LogP contribution < -0.4 is 4.74 Å². The number of aromatic nitrogens is 3. The minimum Gasteiger partial charge on any atom is -0.496 e. The maximum absolute atomic E-state index is 9.94. The smallest absolute Gasteiger partial charge is 0.140 e. The van der Waals surface area contributed by atoms with Crippen LogP contribution in [0.5, 0.6) is 5.75 Å². The number of fused-ring (bicyclic) bond motifs is 1. The standard InChI is InChI=1S/C25H20BrN3O2/c1-31-22-9-5-4-8-18(22)24-23(17-7-3-2-6-15(17)14-30)28-25(29-24)20-13-27-21-11-10-16(26)12-19(20)21/h2-13,27,30H,14H2,1H3,(H,28,29). The number of halogens is 1. The third-order valence-corrected chi connectivity index (χ3v) is 5.92. The summed E-state index contributed by atoms with van der Waals surface area (Å²) in [6.45, 7) is -0.0596. The number of ether oxygens (including phenoxy) is 1. The minimum atomic E-state index is -0.0596. The zero-order valence-corrected chi connectivity index (χ0v) is 18.4. The Balaban J connectivity index is 1.79. The summed E-state index contributed by atoms with van der Waals surface area (Å²) in [4.78, 5) is 11.9. The molecule has 0 saturated heterocycles. The molecule has 0 bridgehead atoms. The lowest BCUT2D eigenvalue weighted by atomic mass is 10.0. The maximum Gasteiger partial charge on any atom is 0.140 e. The van der Waals surface area contributed by atoms with Crippen molar-refractivity contribution in [2.45, 2.75) is 6.61 Å². The Morgan fingerprint density at radius 2 is 1.74 bits per heavy atom. The van der Waals surface area contributed by atoms with Gasteiger partial charge in [-0.2, -0.15) is 0 Å². The molecular weight excluding hydrogens is 454 g/mol. The quantitative estimate of drug-likeness (QED) is 0.286. The van der Waals surface area contributed by atoms with Crippen molar-refractivity contribution in [1.29, 1.82) is 0 Å². The van der Waals surface area contributed by atoms with E-state index in [0.29, 0.717) is 0 Å². The van der Waals surface area contributed by atoms with Crippen LogP contribution in [0.2, 0.25) is 0 Å². The van der Waals surface area contributed by atoms with Gasteiger partial charge in [-0.3, -0.25) is 0 Å². The molecule has 0 fully saturated rings. The number of para-hydroxylation sites is 1. The molecule has 2 aromatic heterocycles. The summed E-state index contributed by atoms with van der Waals surface area (Å²) in [6, 6.07) is 21.8. The van der Waals surface area contributed by atoms with Gasteiger partial charge in [0, 0.05) is 38.3 Å². The first kappa shape index (κ1) is 19.6. The summed E-state index contributed by atoms with van der Waals surface area (Å²) in [5.41, 5.74) is 6.24. The molecule has 0 atom stereocenters. The second-order valence-electron chi connectivity index (χ2n) is 7.22. The number of imidazole rings is 1. The van der Waals surface area contributed by atoms with E-state index >= 15 is 0 Å². The largest absolute Gasteiger partial charge is 0.496 e. The number of hydrogen-bond acceptors (Lipinski definition) is 3. The number of hydrogen-bond donors (Lipinski definition) is 3. The van der Waals surface area contributed by atoms with Crippen LogP contribution in [-0.2, 0) is 6.61 Å². The van der Waals surface area contributed by atoms with Crippen molar-refractivity contribution in [3.8, 4) is 39.7 Å². The Hall–Kier alpha value is -3.35. The highest BCUT2D eigenvalue weighted by Gasteiger charge is 2.21. The van der Waals surface area contributed by atoms with E-state index in [1.165, 1.54) is 0 Å². The number of methoxy groups -OCH3 is 1. The average molecular weight is 474 g/mol. The van der Waals surface area contributed by atoms with E-state index in [-0.39, 0.29) is 6.61 Å². The lowest BCUT2D eigenvalue weighted by Gasteiger charge is -2.10. The summed E-state index contributed by atoms with van der Waals surface area (Å²) < 4.78 is 6.62. The SMILES string of the molecule is COc1ccccc1-c1nc(-c2c[nH]c3ccc(Br)cc23)[nH]c1-c1ccccc1CO. The van der Waals surface area contributed by atoms with Crippen LogP contribution in [0.3, 0.4) is 0 Å². The lowest BCUT2D eigenvalue weighted by Crippen LogP contribution is -1.93. The summed E-state index contributed by atoms with van der Waals surface area (Å²) in [5, 5.41) is 11.0. The van der Waals surface area contributed by atoms with E-state index in [4.69, 9.17) is 9.72 Å². The fourth-order valence-corrected chi connectivity index (χ4v) is 4.28. The van der Waals surface area contributed by atoms with Gasteiger partial charge in [0.05, 0.1) is 19.4 Å². The van der Waals surface area contributed by atoms with Gasteiger partial charge in [0.1, 0.15) is 17.3 Å². The summed E-state index contributed by atoms with van der Waals surface area (Å²) in [6.07, 6.45) is 1.96. The van der Waals surface area contributed by atoms with E-state index < -0.39 is 0 Å². The first-order valence-corrected chi connectivity index (χ1v) is 10.7. The van der Waals surface area contributed by atoms with Gasteiger partial charge in [-0.25, -0.2) is 4.98 Å². The maximum atomic E-state index is 9.94. The van der Waals surface area contributed by atoms with Gasteiger partial charge in [-0.1, -0.05) is 52.3 Å². The first-order valence-electron chi connectivity index (χ1n) is 9.89. The lowest BCUT2D eigenvalue weighted by molar-refractivity contribution is 0.282. The highest BCUT2D eigenvalue weighted by Crippen LogP contribution is 2.40. The number of nitrogens with zero attached hydrogens (tertiary/aromatic N) is 1. The Labute approximate surface area is 187 Å². The van der Waals surface area contributed by atoms with E-state index in [2.05, 4.69) is 32.0 Å². The molecule has 2 heterocycles. The zero-order valence-electron chi connectivity index (χ0n) is 16.8. The van der Waals surface area contributed by atoms with Crippen molar-refractivity contribution in [3.05, 3.63) is 83.0 Å². The number of aliphatic hydroxyl groups is 1. The second kappa shape index (κ2) is 8.06. The third kappa shape index (κ3) is 3.44. The molecule has 0 aliphatic heterocycles. The zero-order chi connectivity index (χ0) is 21.4. The predicted molar refractivity (Wildman–Crippen MR) is 127 cm³/mol. The summed E-state index contributed by atoms with van der Waals surface area (Å²) in [5.74, 6) is 1.48. The molecule has 3 N–H and O–H groups in total. The van der Waals surface area contributed by atoms with Crippen molar-refractivity contribution in [2.75, 3.05) is 7.11 Å². The number of nitrogens with one attached hydrogen (secondary N) is 2. The van der Waals surface area contributed by atoms with Gasteiger partial charge in [-0.15, -0.1) is 0 Å². The van der Waals surface area contributed by atoms with Crippen LogP contribution in [0.25, 0.3) is 44.8 Å². The van der Waals surface area contributed by atoms with Crippen molar-refractivity contribution in [3.63, 3.8) is 0 Å². The minimum absolute atomic E-state index is 0.0596. The van der Waals surface area contributed by atoms with E-state index in [9.17, 15) is 5.11 Å². The molecule has 31 heavy (non-hydrogen) atoms. The molecule has 154 valence electrons. The van der Waals surface area contributed by atoms with Crippen LogP contribution >= 0.6 is 15.9 Å². The van der Waals surface area contributed by atoms with Gasteiger partial charge < -0.3 is 19.8 Å². The van der Waals surface area contributed by atoms with Crippen molar-refractivity contribution < 1.29 is 9.84 Å². The fourth-order valence-electron chi connectivity index (χ4n) is 3.92. The van der Waals surface area contributed by atoms with E-state index in [1.54, 1.807) is 7.11 Å². The molecule has 0 aliphatic carbocycles. The van der Waals surface area contributed by atoms with Crippen molar-refractivity contribution in [1.82, 2.24) is 15.0 Å². The summed E-state index contributed by atoms with van der Waals surface area (Å²) >= 11 is 3.57. The van der Waals surface area contributed by atoms with E-state index in [1.807, 2.05) is 66.9 Å². The van der Waals surface area contributed by atoms with E-state index in [0.717, 1.165) is 60.6 Å². The number of H-pyrrole nitrogens is 2. The Morgan fingerprint density at radius 1 is 0.968 bits per heavy atom. The predicted octanol–water partition coefficient (Wildman–Crippen LogP) is 6.16. The van der Waals surface area contributed by atoms with Gasteiger partial charge in [0.15, 0.2) is 0 Å². The average Bonchev–Trinajstić information content (AvgIpc) is 3.43. The molecule has 5 nitrogen and oxygen atoms in total. The highest BCUT2D eigenvalue weighted by atomic mass is 79.9. The van der Waals surface area contributed by atoms with Gasteiger partial charge in [0.25, 0.3) is 0 Å². The Kier molecular flexibility index (Phi) is 5.10. The molecule has 0 spiro atoms. The van der Waals surface area contributed by atoms with Crippen LogP contribution in [-0.4, -0.2) is 27.2 Å². The van der Waals surface area contributed by atoms with Gasteiger partial charge in [0.2, 0.25) is 0 Å². The molecule has 5 rings (SSSR count). The first-order chi connectivity index (χ1) is 15.2. The molecule has 0 saturated carbocycles.